The van der Waals surface area contributed by atoms with Crippen LogP contribution in [0.3, 0.4) is 0 Å². The third-order valence-electron chi connectivity index (χ3n) is 2.91. The quantitative estimate of drug-likeness (QED) is 0.627. The number of hydrogen-bond donors (Lipinski definition) is 0. The molecule has 0 atom stereocenters. The Bertz CT molecular complexity index is 659. The second kappa shape index (κ2) is 6.80. The van der Waals surface area contributed by atoms with E-state index in [4.69, 9.17) is 18.9 Å². The molecular weight excluding hydrogens is 291 g/mol. The molecule has 2 aromatic carbocycles. The van der Waals surface area contributed by atoms with E-state index in [0.29, 0.717) is 17.2 Å². The van der Waals surface area contributed by atoms with Gasteiger partial charge in [0.25, 0.3) is 0 Å². The molecule has 116 valence electrons. The van der Waals surface area contributed by atoms with E-state index in [-0.39, 0.29) is 11.3 Å². The van der Waals surface area contributed by atoms with Crippen LogP contribution in [0.15, 0.2) is 36.4 Å². The normalized spacial score (nSPS) is 10.0. The first-order valence-corrected chi connectivity index (χ1v) is 6.36. The van der Waals surface area contributed by atoms with Crippen molar-refractivity contribution < 1.29 is 28.1 Å². The number of rotatable bonds is 5. The average molecular weight is 306 g/mol. The Hall–Kier alpha value is -2.76. The molecule has 0 fully saturated rings. The zero-order valence-corrected chi connectivity index (χ0v) is 12.4. The minimum absolute atomic E-state index is 0.110. The maximum atomic E-state index is 13.1. The van der Waals surface area contributed by atoms with Gasteiger partial charge in [0.15, 0.2) is 11.5 Å². The molecule has 0 saturated heterocycles. The fourth-order valence-corrected chi connectivity index (χ4v) is 1.90. The van der Waals surface area contributed by atoms with Crippen LogP contribution in [-0.2, 0) is 0 Å². The second-order valence-electron chi connectivity index (χ2n) is 4.26. The van der Waals surface area contributed by atoms with Crippen LogP contribution < -0.4 is 18.9 Å². The Kier molecular flexibility index (Phi) is 4.83. The first kappa shape index (κ1) is 15.6. The van der Waals surface area contributed by atoms with Crippen molar-refractivity contribution >= 4 is 5.97 Å². The third-order valence-corrected chi connectivity index (χ3v) is 2.91. The fraction of sp³-hybridized carbons (Fsp3) is 0.188. The summed E-state index contributed by atoms with van der Waals surface area (Å²) in [6.45, 7) is 0. The number of esters is 1. The summed E-state index contributed by atoms with van der Waals surface area (Å²) in [6.07, 6.45) is 0. The standard InChI is InChI=1S/C16H15FO5/c1-19-13-7-10(8-14(20-2)15(13)21-3)16(18)22-12-6-4-5-11(17)9-12/h4-9H,1-3H3. The lowest BCUT2D eigenvalue weighted by atomic mass is 10.2. The number of methoxy groups -OCH3 is 3. The molecule has 0 saturated carbocycles. The van der Waals surface area contributed by atoms with E-state index in [2.05, 4.69) is 0 Å². The van der Waals surface area contributed by atoms with Gasteiger partial charge in [-0.15, -0.1) is 0 Å². The summed E-state index contributed by atoms with van der Waals surface area (Å²) < 4.78 is 33.7. The van der Waals surface area contributed by atoms with E-state index in [0.717, 1.165) is 6.07 Å². The van der Waals surface area contributed by atoms with E-state index < -0.39 is 11.8 Å². The van der Waals surface area contributed by atoms with Crippen LogP contribution in [0, 0.1) is 5.82 Å². The molecule has 0 aromatic heterocycles. The Balaban J connectivity index is 2.33. The Morgan fingerprint density at radius 3 is 2.09 bits per heavy atom. The topological polar surface area (TPSA) is 54.0 Å². The van der Waals surface area contributed by atoms with E-state index in [1.165, 1.54) is 51.7 Å². The molecule has 6 heteroatoms. The van der Waals surface area contributed by atoms with Crippen LogP contribution in [0.1, 0.15) is 10.4 Å². The molecule has 0 amide bonds. The summed E-state index contributed by atoms with van der Waals surface area (Å²) in [6, 6.07) is 8.24. The van der Waals surface area contributed by atoms with Crippen molar-refractivity contribution in [1.82, 2.24) is 0 Å². The Morgan fingerprint density at radius 2 is 1.59 bits per heavy atom. The van der Waals surface area contributed by atoms with Crippen LogP contribution in [-0.4, -0.2) is 27.3 Å². The van der Waals surface area contributed by atoms with Crippen LogP contribution >= 0.6 is 0 Å². The number of carbonyl (C=O) groups excluding carboxylic acids is 1. The minimum Gasteiger partial charge on any atom is -0.493 e. The molecule has 2 aromatic rings. The fourth-order valence-electron chi connectivity index (χ4n) is 1.90. The average Bonchev–Trinajstić information content (AvgIpc) is 2.53. The number of halogens is 1. The molecule has 2 rings (SSSR count). The van der Waals surface area contributed by atoms with Gasteiger partial charge in [0.05, 0.1) is 26.9 Å². The van der Waals surface area contributed by atoms with Gasteiger partial charge in [0, 0.05) is 6.07 Å². The number of benzene rings is 2. The molecule has 0 aliphatic rings. The zero-order valence-electron chi connectivity index (χ0n) is 12.4. The van der Waals surface area contributed by atoms with E-state index >= 15 is 0 Å². The van der Waals surface area contributed by atoms with Crippen molar-refractivity contribution in [2.45, 2.75) is 0 Å². The Labute approximate surface area is 127 Å². The highest BCUT2D eigenvalue weighted by molar-refractivity contribution is 5.92. The molecular formula is C16H15FO5. The Morgan fingerprint density at radius 1 is 0.955 bits per heavy atom. The van der Waals surface area contributed by atoms with Gasteiger partial charge in [-0.05, 0) is 24.3 Å². The monoisotopic (exact) mass is 306 g/mol. The molecule has 0 heterocycles. The summed E-state index contributed by atoms with van der Waals surface area (Å²) >= 11 is 0. The summed E-state index contributed by atoms with van der Waals surface area (Å²) in [5.74, 6) is -0.0211. The largest absolute Gasteiger partial charge is 0.493 e. The first-order chi connectivity index (χ1) is 10.6. The molecule has 0 aliphatic heterocycles. The number of ether oxygens (including phenoxy) is 4. The van der Waals surface area contributed by atoms with Crippen molar-refractivity contribution in [1.29, 1.82) is 0 Å². The highest BCUT2D eigenvalue weighted by Gasteiger charge is 2.18. The molecule has 0 N–H and O–H groups in total. The predicted molar refractivity (Wildman–Crippen MR) is 77.5 cm³/mol. The van der Waals surface area contributed by atoms with Gasteiger partial charge in [0.2, 0.25) is 5.75 Å². The van der Waals surface area contributed by atoms with Crippen molar-refractivity contribution in [3.63, 3.8) is 0 Å². The smallest absolute Gasteiger partial charge is 0.343 e. The van der Waals surface area contributed by atoms with Gasteiger partial charge in [-0.3, -0.25) is 0 Å². The molecule has 0 radical (unpaired) electrons. The molecule has 0 aliphatic carbocycles. The highest BCUT2D eigenvalue weighted by Crippen LogP contribution is 2.38. The lowest BCUT2D eigenvalue weighted by Crippen LogP contribution is -2.09. The zero-order chi connectivity index (χ0) is 16.1. The van der Waals surface area contributed by atoms with Crippen molar-refractivity contribution in [2.75, 3.05) is 21.3 Å². The first-order valence-electron chi connectivity index (χ1n) is 6.36. The third kappa shape index (κ3) is 3.28. The van der Waals surface area contributed by atoms with Gasteiger partial charge in [-0.2, -0.15) is 0 Å². The van der Waals surface area contributed by atoms with Gasteiger partial charge in [-0.1, -0.05) is 6.07 Å². The van der Waals surface area contributed by atoms with Crippen molar-refractivity contribution in [2.24, 2.45) is 0 Å². The summed E-state index contributed by atoms with van der Waals surface area (Å²) in [5.41, 5.74) is 0.193. The van der Waals surface area contributed by atoms with Gasteiger partial charge in [0.1, 0.15) is 11.6 Å². The summed E-state index contributed by atoms with van der Waals surface area (Å²) in [7, 11) is 4.35. The second-order valence-corrected chi connectivity index (χ2v) is 4.26. The molecule has 22 heavy (non-hydrogen) atoms. The lowest BCUT2D eigenvalue weighted by molar-refractivity contribution is 0.0733. The highest BCUT2D eigenvalue weighted by atomic mass is 19.1. The number of hydrogen-bond acceptors (Lipinski definition) is 5. The van der Waals surface area contributed by atoms with E-state index in [1.807, 2.05) is 0 Å². The van der Waals surface area contributed by atoms with Crippen LogP contribution in [0.25, 0.3) is 0 Å². The lowest BCUT2D eigenvalue weighted by Gasteiger charge is -2.13. The van der Waals surface area contributed by atoms with E-state index in [1.54, 1.807) is 0 Å². The molecule has 0 unspecified atom stereocenters. The van der Waals surface area contributed by atoms with Crippen LogP contribution in [0.4, 0.5) is 4.39 Å². The van der Waals surface area contributed by atoms with Crippen LogP contribution in [0.2, 0.25) is 0 Å². The maximum Gasteiger partial charge on any atom is 0.343 e. The molecule has 0 bridgehead atoms. The van der Waals surface area contributed by atoms with Crippen LogP contribution in [0.5, 0.6) is 23.0 Å². The van der Waals surface area contributed by atoms with Crippen molar-refractivity contribution in [3.8, 4) is 23.0 Å². The summed E-state index contributed by atoms with van der Waals surface area (Å²) in [4.78, 5) is 12.2. The molecule has 0 spiro atoms. The number of carbonyl (C=O) groups is 1. The van der Waals surface area contributed by atoms with E-state index in [9.17, 15) is 9.18 Å². The predicted octanol–water partition coefficient (Wildman–Crippen LogP) is 3.07. The maximum absolute atomic E-state index is 13.1. The minimum atomic E-state index is -0.662. The van der Waals surface area contributed by atoms with Gasteiger partial charge < -0.3 is 18.9 Å². The SMILES string of the molecule is COc1cc(C(=O)Oc2cccc(F)c2)cc(OC)c1OC. The molecule has 5 nitrogen and oxygen atoms in total. The van der Waals surface area contributed by atoms with Crippen molar-refractivity contribution in [3.05, 3.63) is 47.8 Å². The van der Waals surface area contributed by atoms with Gasteiger partial charge in [-0.25, -0.2) is 9.18 Å². The summed E-state index contributed by atoms with van der Waals surface area (Å²) in [5, 5.41) is 0. The van der Waals surface area contributed by atoms with Gasteiger partial charge >= 0.3 is 5.97 Å².